The van der Waals surface area contributed by atoms with Crippen LogP contribution in [0.15, 0.2) is 60.7 Å². The summed E-state index contributed by atoms with van der Waals surface area (Å²) in [5.41, 5.74) is 3.13. The molecule has 0 atom stereocenters. The van der Waals surface area contributed by atoms with Crippen molar-refractivity contribution >= 4 is 11.7 Å². The van der Waals surface area contributed by atoms with E-state index in [4.69, 9.17) is 4.74 Å². The van der Waals surface area contributed by atoms with Gasteiger partial charge in [-0.15, -0.1) is 0 Å². The number of carbonyl (C=O) groups excluding carboxylic acids is 1. The number of hydroxylamine groups is 1. The number of aromatic nitrogens is 1. The van der Waals surface area contributed by atoms with E-state index in [2.05, 4.69) is 4.98 Å². The van der Waals surface area contributed by atoms with Crippen molar-refractivity contribution in [1.29, 1.82) is 0 Å². The highest BCUT2D eigenvalue weighted by Crippen LogP contribution is 2.50. The topological polar surface area (TPSA) is 82.9 Å². The van der Waals surface area contributed by atoms with Crippen molar-refractivity contribution in [2.45, 2.75) is 31.8 Å². The molecule has 2 N–H and O–H groups in total. The molecule has 1 heterocycles. The molecule has 1 aliphatic rings. The van der Waals surface area contributed by atoms with Crippen LogP contribution in [-0.2, 0) is 16.8 Å². The van der Waals surface area contributed by atoms with Gasteiger partial charge < -0.3 is 9.84 Å². The molecule has 3 aromatic rings. The van der Waals surface area contributed by atoms with Gasteiger partial charge in [0.1, 0.15) is 5.75 Å². The van der Waals surface area contributed by atoms with E-state index >= 15 is 0 Å². The predicted octanol–water partition coefficient (Wildman–Crippen LogP) is 4.01. The SMILES string of the molecule is COc1ccc(C2(C(=O)N(O)c3ccc(C)c(-c4ccccc4CO)n3)CC2)cc1. The molecular formula is C24H24N2O4. The van der Waals surface area contributed by atoms with Crippen LogP contribution in [-0.4, -0.2) is 28.3 Å². The van der Waals surface area contributed by atoms with Gasteiger partial charge in [0, 0.05) is 5.56 Å². The first kappa shape index (κ1) is 20.1. The molecule has 1 aliphatic carbocycles. The van der Waals surface area contributed by atoms with E-state index in [1.165, 1.54) is 0 Å². The molecule has 1 amide bonds. The molecule has 6 nitrogen and oxygen atoms in total. The molecule has 0 unspecified atom stereocenters. The summed E-state index contributed by atoms with van der Waals surface area (Å²) in [6.07, 6.45) is 1.34. The van der Waals surface area contributed by atoms with Crippen molar-refractivity contribution < 1.29 is 19.8 Å². The lowest BCUT2D eigenvalue weighted by Crippen LogP contribution is -2.37. The number of aryl methyl sites for hydroxylation is 1. The van der Waals surface area contributed by atoms with Crippen molar-refractivity contribution in [3.63, 3.8) is 0 Å². The number of hydrogen-bond donors (Lipinski definition) is 2. The number of nitrogens with zero attached hydrogens (tertiary/aromatic N) is 2. The van der Waals surface area contributed by atoms with Crippen LogP contribution in [0.4, 0.5) is 5.82 Å². The van der Waals surface area contributed by atoms with Crippen LogP contribution in [0, 0.1) is 6.92 Å². The molecule has 0 bridgehead atoms. The number of rotatable bonds is 6. The highest BCUT2D eigenvalue weighted by Gasteiger charge is 2.53. The highest BCUT2D eigenvalue weighted by atomic mass is 16.5. The molecule has 1 saturated carbocycles. The van der Waals surface area contributed by atoms with E-state index in [9.17, 15) is 15.1 Å². The normalized spacial score (nSPS) is 14.3. The first-order valence-corrected chi connectivity index (χ1v) is 9.85. The van der Waals surface area contributed by atoms with Crippen LogP contribution >= 0.6 is 0 Å². The summed E-state index contributed by atoms with van der Waals surface area (Å²) in [6.45, 7) is 1.79. The van der Waals surface area contributed by atoms with Crippen molar-refractivity contribution in [2.24, 2.45) is 0 Å². The van der Waals surface area contributed by atoms with Crippen LogP contribution in [0.3, 0.4) is 0 Å². The van der Waals surface area contributed by atoms with Gasteiger partial charge in [-0.3, -0.25) is 10.0 Å². The van der Waals surface area contributed by atoms with Gasteiger partial charge in [-0.1, -0.05) is 42.5 Å². The van der Waals surface area contributed by atoms with Gasteiger partial charge in [-0.25, -0.2) is 4.98 Å². The second kappa shape index (κ2) is 7.89. The standard InChI is InChI=1S/C24H24N2O4/c1-16-7-12-21(25-22(16)20-6-4-3-5-17(20)15-27)26(29)23(28)24(13-14-24)18-8-10-19(30-2)11-9-18/h3-12,27,29H,13-15H2,1-2H3. The third-order valence-electron chi connectivity index (χ3n) is 5.74. The van der Waals surface area contributed by atoms with Gasteiger partial charge in [0.2, 0.25) is 0 Å². The van der Waals surface area contributed by atoms with Gasteiger partial charge >= 0.3 is 0 Å². The summed E-state index contributed by atoms with van der Waals surface area (Å²) in [7, 11) is 1.60. The lowest BCUT2D eigenvalue weighted by atomic mass is 9.94. The van der Waals surface area contributed by atoms with Gasteiger partial charge in [0.15, 0.2) is 5.82 Å². The maximum absolute atomic E-state index is 13.2. The molecule has 0 radical (unpaired) electrons. The van der Waals surface area contributed by atoms with E-state index in [1.807, 2.05) is 61.5 Å². The summed E-state index contributed by atoms with van der Waals surface area (Å²) in [5.74, 6) is 0.480. The summed E-state index contributed by atoms with van der Waals surface area (Å²) in [5, 5.41) is 21.1. The number of aliphatic hydroxyl groups excluding tert-OH is 1. The van der Waals surface area contributed by atoms with Crippen LogP contribution in [0.25, 0.3) is 11.3 Å². The predicted molar refractivity (Wildman–Crippen MR) is 114 cm³/mol. The first-order valence-electron chi connectivity index (χ1n) is 9.85. The fraction of sp³-hybridized carbons (Fsp3) is 0.250. The van der Waals surface area contributed by atoms with Crippen LogP contribution < -0.4 is 9.80 Å². The minimum atomic E-state index is -0.739. The van der Waals surface area contributed by atoms with Crippen LogP contribution in [0.5, 0.6) is 5.75 Å². The number of pyridine rings is 1. The van der Waals surface area contributed by atoms with Gasteiger partial charge in [-0.2, -0.15) is 5.06 Å². The van der Waals surface area contributed by atoms with Crippen molar-refractivity contribution in [3.8, 4) is 17.0 Å². The smallest absolute Gasteiger partial charge is 0.262 e. The largest absolute Gasteiger partial charge is 0.497 e. The van der Waals surface area contributed by atoms with Gasteiger partial charge in [-0.05, 0) is 54.7 Å². The molecule has 1 aromatic heterocycles. The number of ether oxygens (including phenoxy) is 1. The Morgan fingerprint density at radius 3 is 2.43 bits per heavy atom. The van der Waals surface area contributed by atoms with Crippen molar-refractivity contribution in [3.05, 3.63) is 77.4 Å². The zero-order valence-electron chi connectivity index (χ0n) is 17.0. The zero-order valence-corrected chi connectivity index (χ0v) is 17.0. The van der Waals surface area contributed by atoms with E-state index in [-0.39, 0.29) is 12.4 Å². The molecule has 4 rings (SSSR count). The molecule has 0 aliphatic heterocycles. The first-order chi connectivity index (χ1) is 14.5. The Morgan fingerprint density at radius 2 is 1.80 bits per heavy atom. The molecule has 6 heteroatoms. The second-order valence-corrected chi connectivity index (χ2v) is 7.58. The minimum Gasteiger partial charge on any atom is -0.497 e. The molecule has 0 spiro atoms. The lowest BCUT2D eigenvalue weighted by Gasteiger charge is -2.22. The summed E-state index contributed by atoms with van der Waals surface area (Å²) < 4.78 is 5.19. The quantitative estimate of drug-likeness (QED) is 0.479. The number of benzene rings is 2. The lowest BCUT2D eigenvalue weighted by molar-refractivity contribution is -0.126. The number of amides is 1. The van der Waals surface area contributed by atoms with Crippen LogP contribution in [0.1, 0.15) is 29.5 Å². The Labute approximate surface area is 175 Å². The molecule has 0 saturated heterocycles. The average molecular weight is 404 g/mol. The molecule has 154 valence electrons. The number of aliphatic hydroxyl groups is 1. The Hall–Kier alpha value is -3.22. The maximum atomic E-state index is 13.2. The molecule has 2 aromatic carbocycles. The Kier molecular flexibility index (Phi) is 5.28. The summed E-state index contributed by atoms with van der Waals surface area (Å²) in [4.78, 5) is 17.8. The van der Waals surface area contributed by atoms with E-state index in [1.54, 1.807) is 13.2 Å². The van der Waals surface area contributed by atoms with Crippen LogP contribution in [0.2, 0.25) is 0 Å². The Morgan fingerprint density at radius 1 is 1.10 bits per heavy atom. The molecular weight excluding hydrogens is 380 g/mol. The Bertz CT molecular complexity index is 1070. The van der Waals surface area contributed by atoms with Crippen molar-refractivity contribution in [2.75, 3.05) is 12.2 Å². The monoisotopic (exact) mass is 404 g/mol. The van der Waals surface area contributed by atoms with E-state index in [0.717, 1.165) is 28.0 Å². The highest BCUT2D eigenvalue weighted by molar-refractivity contribution is 6.01. The summed E-state index contributed by atoms with van der Waals surface area (Å²) in [6, 6.07) is 18.2. The van der Waals surface area contributed by atoms with E-state index < -0.39 is 11.3 Å². The minimum absolute atomic E-state index is 0.121. The molecule has 1 fully saturated rings. The van der Waals surface area contributed by atoms with Crippen molar-refractivity contribution in [1.82, 2.24) is 4.98 Å². The number of methoxy groups -OCH3 is 1. The second-order valence-electron chi connectivity index (χ2n) is 7.58. The van der Waals surface area contributed by atoms with Gasteiger partial charge in [0.05, 0.1) is 24.8 Å². The summed E-state index contributed by atoms with van der Waals surface area (Å²) >= 11 is 0. The Balaban J connectivity index is 1.66. The average Bonchev–Trinajstić information content (AvgIpc) is 3.60. The zero-order chi connectivity index (χ0) is 21.3. The fourth-order valence-electron chi connectivity index (χ4n) is 3.77. The van der Waals surface area contributed by atoms with E-state index in [0.29, 0.717) is 23.6 Å². The number of anilines is 1. The number of carbonyl (C=O) groups is 1. The number of hydrogen-bond acceptors (Lipinski definition) is 5. The third kappa shape index (κ3) is 3.44. The third-order valence-corrected chi connectivity index (χ3v) is 5.74. The van der Waals surface area contributed by atoms with Gasteiger partial charge in [0.25, 0.3) is 5.91 Å². The fourth-order valence-corrected chi connectivity index (χ4v) is 3.77. The molecule has 30 heavy (non-hydrogen) atoms. The maximum Gasteiger partial charge on any atom is 0.262 e.